The van der Waals surface area contributed by atoms with E-state index in [0.717, 1.165) is 14.2 Å². The van der Waals surface area contributed by atoms with Gasteiger partial charge in [0.05, 0.1) is 0 Å². The first-order valence-electron chi connectivity index (χ1n) is 12.8. The van der Waals surface area contributed by atoms with E-state index in [9.17, 15) is 0 Å². The van der Waals surface area contributed by atoms with Crippen LogP contribution >= 0.6 is 0 Å². The molecule has 4 aliphatic rings. The van der Waals surface area contributed by atoms with E-state index in [1.54, 1.807) is 0 Å². The van der Waals surface area contributed by atoms with Crippen molar-refractivity contribution in [2.45, 2.75) is 77.6 Å². The third-order valence-electron chi connectivity index (χ3n) is 7.78. The van der Waals surface area contributed by atoms with Crippen molar-refractivity contribution in [1.82, 2.24) is 9.13 Å². The molecule has 0 spiro atoms. The quantitative estimate of drug-likeness (QED) is 0.458. The van der Waals surface area contributed by atoms with Crippen molar-refractivity contribution >= 4 is 16.5 Å². The van der Waals surface area contributed by atoms with E-state index < -0.39 is 39.7 Å². The van der Waals surface area contributed by atoms with Gasteiger partial charge in [-0.25, -0.2) is 0 Å². The predicted octanol–water partition coefficient (Wildman–Crippen LogP) is 3.91. The molecule has 0 radical (unpaired) electrons. The number of rotatable bonds is 6. The molecule has 2 fully saturated rings. The molecule has 4 rings (SSSR count). The van der Waals surface area contributed by atoms with Crippen molar-refractivity contribution in [1.29, 1.82) is 0 Å². The summed E-state index contributed by atoms with van der Waals surface area (Å²) in [6, 6.07) is 0. The fourth-order valence-corrected chi connectivity index (χ4v) is 20.4. The molecule has 184 valence electrons. The van der Waals surface area contributed by atoms with Crippen LogP contribution in [0.25, 0.3) is 0 Å². The van der Waals surface area contributed by atoms with Crippen LogP contribution in [0.2, 0.25) is 26.2 Å². The van der Waals surface area contributed by atoms with Gasteiger partial charge in [0, 0.05) is 0 Å². The number of hydrogen-bond acceptors (Lipinski definition) is 4. The average Bonchev–Trinajstić information content (AvgIpc) is 3.53. The molecule has 2 aliphatic heterocycles. The van der Waals surface area contributed by atoms with Gasteiger partial charge in [-0.1, -0.05) is 0 Å². The van der Waals surface area contributed by atoms with Gasteiger partial charge in [-0.15, -0.1) is 0 Å². The number of hydrogen-bond donors (Lipinski definition) is 0. The van der Waals surface area contributed by atoms with Crippen molar-refractivity contribution in [2.75, 3.05) is 40.4 Å². The molecule has 0 aromatic heterocycles. The maximum absolute atomic E-state index is 8.25. The molecule has 2 heterocycles. The van der Waals surface area contributed by atoms with E-state index in [0.29, 0.717) is 0 Å². The second-order valence-corrected chi connectivity index (χ2v) is 22.5. The third-order valence-corrected chi connectivity index (χ3v) is 20.4. The fourth-order valence-electron chi connectivity index (χ4n) is 5.82. The molecule has 4 nitrogen and oxygen atoms in total. The summed E-state index contributed by atoms with van der Waals surface area (Å²) < 4.78 is 9.68. The first kappa shape index (κ1) is 29.3. The topological polar surface area (TPSA) is 52.6 Å². The Morgan fingerprint density at radius 3 is 1.27 bits per heavy atom. The second-order valence-electron chi connectivity index (χ2n) is 10.3. The van der Waals surface area contributed by atoms with Crippen LogP contribution in [-0.4, -0.2) is 66.0 Å². The Bertz CT molecular complexity index is 685. The molecule has 0 N–H and O–H groups in total. The summed E-state index contributed by atoms with van der Waals surface area (Å²) in [5, 5.41) is 20.2. The Balaban J connectivity index is 0.000000914. The van der Waals surface area contributed by atoms with Gasteiger partial charge >= 0.3 is 194 Å². The van der Waals surface area contributed by atoms with Crippen LogP contribution in [0.5, 0.6) is 0 Å². The zero-order valence-electron chi connectivity index (χ0n) is 22.0. The Labute approximate surface area is 217 Å². The van der Waals surface area contributed by atoms with E-state index in [-0.39, 0.29) is 0 Å². The normalized spacial score (nSPS) is 22.1. The van der Waals surface area contributed by atoms with Crippen molar-refractivity contribution < 1.29 is 33.4 Å². The van der Waals surface area contributed by atoms with E-state index in [2.05, 4.69) is 59.6 Å². The van der Waals surface area contributed by atoms with Gasteiger partial charge in [0.1, 0.15) is 0 Å². The molecule has 2 saturated heterocycles. The predicted molar refractivity (Wildman–Crippen MR) is 139 cm³/mol. The van der Waals surface area contributed by atoms with Crippen molar-refractivity contribution in [3.63, 3.8) is 0 Å². The van der Waals surface area contributed by atoms with Crippen molar-refractivity contribution in [2.24, 2.45) is 0 Å². The molecular formula is C26H46N2O2Si2Zr. The molecule has 7 heteroatoms. The van der Waals surface area contributed by atoms with Gasteiger partial charge in [0.15, 0.2) is 0 Å². The van der Waals surface area contributed by atoms with E-state index in [1.807, 2.05) is 17.0 Å². The average molecular weight is 566 g/mol. The molecule has 0 amide bonds. The number of piperidine rings is 2. The zero-order chi connectivity index (χ0) is 24.5. The Hall–Kier alpha value is 0.117. The Morgan fingerprint density at radius 1 is 0.606 bits per heavy atom. The van der Waals surface area contributed by atoms with Crippen LogP contribution in [0.15, 0.2) is 41.3 Å². The van der Waals surface area contributed by atoms with Crippen LogP contribution in [0.3, 0.4) is 0 Å². The first-order valence-corrected chi connectivity index (χ1v) is 21.1. The van der Waals surface area contributed by atoms with Crippen molar-refractivity contribution in [3.05, 3.63) is 41.3 Å². The molecule has 0 aromatic rings. The summed E-state index contributed by atoms with van der Waals surface area (Å²) >= 11 is -0.657. The minimum absolute atomic E-state index is 0.657. The Morgan fingerprint density at radius 2 is 0.939 bits per heavy atom. The molecule has 0 aromatic carbocycles. The van der Waals surface area contributed by atoms with Crippen LogP contribution in [0, 0.1) is 0 Å². The number of allylic oxidation sites excluding steroid dienone is 8. The van der Waals surface area contributed by atoms with Crippen LogP contribution in [0.1, 0.15) is 51.4 Å². The fraction of sp³-hybridized carbons (Fsp3) is 0.692. The van der Waals surface area contributed by atoms with Gasteiger partial charge in [-0.2, -0.15) is 14.2 Å². The van der Waals surface area contributed by atoms with Gasteiger partial charge in [-0.05, 0) is 0 Å². The summed E-state index contributed by atoms with van der Waals surface area (Å²) in [6.45, 7) is 15.9. The summed E-state index contributed by atoms with van der Waals surface area (Å²) in [6.07, 6.45) is 21.2. The van der Waals surface area contributed by atoms with Crippen molar-refractivity contribution in [3.8, 4) is 0 Å². The molecule has 0 atom stereocenters. The SMILES string of the molecule is C[O-].C[O-].C[Si](C)(C1=[C]([Zr+2][C]2=C([Si](C)(C)N3CCCCC3)C=CC2)CC=C1)N1CCCCC1. The summed E-state index contributed by atoms with van der Waals surface area (Å²) in [4.78, 5) is 0. The van der Waals surface area contributed by atoms with E-state index >= 15 is 0 Å². The van der Waals surface area contributed by atoms with Gasteiger partial charge in [0.25, 0.3) is 0 Å². The monoisotopic (exact) mass is 564 g/mol. The number of nitrogens with zero attached hydrogens (tertiary/aromatic N) is 2. The van der Waals surface area contributed by atoms with Crippen LogP contribution < -0.4 is 10.2 Å². The summed E-state index contributed by atoms with van der Waals surface area (Å²) in [5.41, 5.74) is 0. The first-order chi connectivity index (χ1) is 15.9. The van der Waals surface area contributed by atoms with Crippen LogP contribution in [0.4, 0.5) is 0 Å². The standard InChI is InChI=1S/2C12H20NSi.2CH3O.Zr/c2*1-14(2,12-8-4-5-9-12)13-10-6-3-7-11-13;2*1-2;/h2*4,8H,3,5-7,10-11H2,1-2H3;2*1H3;/q;;2*-1;+2. The van der Waals surface area contributed by atoms with Gasteiger partial charge in [-0.3, -0.25) is 0 Å². The van der Waals surface area contributed by atoms with Gasteiger partial charge in [0.2, 0.25) is 0 Å². The molecule has 33 heavy (non-hydrogen) atoms. The van der Waals surface area contributed by atoms with Gasteiger partial charge < -0.3 is 10.2 Å². The van der Waals surface area contributed by atoms with E-state index in [4.69, 9.17) is 10.2 Å². The van der Waals surface area contributed by atoms with E-state index in [1.165, 1.54) is 77.5 Å². The molecular weight excluding hydrogens is 520 g/mol. The molecule has 0 saturated carbocycles. The summed E-state index contributed by atoms with van der Waals surface area (Å²) in [5.74, 6) is 0. The minimum atomic E-state index is -1.48. The summed E-state index contributed by atoms with van der Waals surface area (Å²) in [7, 11) is -1.46. The maximum atomic E-state index is 8.25. The Kier molecular flexibility index (Phi) is 12.5. The molecule has 0 unspecified atom stereocenters. The van der Waals surface area contributed by atoms with Crippen LogP contribution in [-0.2, 0) is 23.2 Å². The zero-order valence-corrected chi connectivity index (χ0v) is 26.5. The molecule has 0 bridgehead atoms. The molecule has 2 aliphatic carbocycles. The third kappa shape index (κ3) is 7.09. The second kappa shape index (κ2) is 14.0.